The Hall–Kier alpha value is 0.0800. The molecule has 0 heterocycles. The summed E-state index contributed by atoms with van der Waals surface area (Å²) >= 11 is 4.20. The quantitative estimate of drug-likeness (QED) is 0.461. The Morgan fingerprint density at radius 3 is 1.33 bits per heavy atom. The minimum atomic E-state index is -3.05. The Bertz CT molecular complexity index is 29.8. The molecule has 0 aromatic heterocycles. The molecule has 0 aliphatic rings. The lowest BCUT2D eigenvalue weighted by Gasteiger charge is -1.90. The fourth-order valence-electron chi connectivity index (χ4n) is 0. The van der Waals surface area contributed by atoms with E-state index in [0.29, 0.717) is 0 Å². The van der Waals surface area contributed by atoms with Gasteiger partial charge in [0.1, 0.15) is 0 Å². The Kier molecular flexibility index (Phi) is 2.32. The minimum absolute atomic E-state index is 2.51. The lowest BCUT2D eigenvalue weighted by Crippen LogP contribution is -2.01. The van der Waals surface area contributed by atoms with E-state index in [0.717, 1.165) is 0 Å². The zero-order valence-electron chi connectivity index (χ0n) is 2.67. The summed E-state index contributed by atoms with van der Waals surface area (Å²) in [6.45, 7) is 0. The lowest BCUT2D eigenvalue weighted by atomic mass is 10.8. The molecule has 0 aliphatic carbocycles. The van der Waals surface area contributed by atoms with E-state index < -0.39 is 12.1 Å². The van der Waals surface area contributed by atoms with Gasteiger partial charge in [-0.15, -0.1) is 0 Å². The maximum atomic E-state index is 10.8. The predicted molar refractivity (Wildman–Crippen MR) is 16.8 cm³/mol. The van der Waals surface area contributed by atoms with Crippen LogP contribution in [-0.2, 0) is 0 Å². The maximum Gasteiger partial charge on any atom is 0.283 e. The standard InChI is InChI=1S/C2H2ClF3/c3-1(4)2(5)6/h1-2H. The van der Waals surface area contributed by atoms with Crippen molar-refractivity contribution in [3.63, 3.8) is 0 Å². The van der Waals surface area contributed by atoms with Gasteiger partial charge >= 0.3 is 0 Å². The van der Waals surface area contributed by atoms with Gasteiger partial charge < -0.3 is 0 Å². The summed E-state index contributed by atoms with van der Waals surface area (Å²) in [6, 6.07) is 0. The second kappa shape index (κ2) is 2.29. The molecule has 1 unspecified atom stereocenters. The molecule has 0 amide bonds. The van der Waals surface area contributed by atoms with Crippen LogP contribution in [0.2, 0.25) is 0 Å². The van der Waals surface area contributed by atoms with E-state index in [1.807, 2.05) is 0 Å². The summed E-state index contributed by atoms with van der Waals surface area (Å²) < 4.78 is 32.1. The molecule has 0 fully saturated rings. The van der Waals surface area contributed by atoms with Crippen LogP contribution in [0.1, 0.15) is 0 Å². The minimum Gasteiger partial charge on any atom is -0.224 e. The van der Waals surface area contributed by atoms with Gasteiger partial charge in [0.05, 0.1) is 0 Å². The molecule has 0 N–H and O–H groups in total. The second-order valence-electron chi connectivity index (χ2n) is 0.669. The molecule has 6 heavy (non-hydrogen) atoms. The number of hydrogen-bond acceptors (Lipinski definition) is 0. The number of hydrogen-bond donors (Lipinski definition) is 0. The highest BCUT2D eigenvalue weighted by molar-refractivity contribution is 6.19. The van der Waals surface area contributed by atoms with Crippen molar-refractivity contribution in [1.82, 2.24) is 0 Å². The summed E-state index contributed by atoms with van der Waals surface area (Å²) in [5.74, 6) is 0. The average molecular weight is 118 g/mol. The van der Waals surface area contributed by atoms with E-state index in [-0.39, 0.29) is 0 Å². The van der Waals surface area contributed by atoms with Crippen LogP contribution in [0, 0.1) is 0 Å². The smallest absolute Gasteiger partial charge is 0.224 e. The molecule has 4 heteroatoms. The normalized spacial score (nSPS) is 15.5. The zero-order valence-corrected chi connectivity index (χ0v) is 3.42. The van der Waals surface area contributed by atoms with E-state index in [4.69, 9.17) is 0 Å². The monoisotopic (exact) mass is 118 g/mol. The molecular formula is C2H2ClF3. The topological polar surface area (TPSA) is 0 Å². The highest BCUT2D eigenvalue weighted by atomic mass is 35.5. The van der Waals surface area contributed by atoms with Crippen LogP contribution in [0.5, 0.6) is 0 Å². The molecule has 0 bridgehead atoms. The van der Waals surface area contributed by atoms with Crippen molar-refractivity contribution in [2.24, 2.45) is 0 Å². The van der Waals surface area contributed by atoms with Gasteiger partial charge in [-0.1, -0.05) is 11.6 Å². The molecule has 0 aromatic rings. The van der Waals surface area contributed by atoms with Crippen molar-refractivity contribution in [3.05, 3.63) is 0 Å². The van der Waals surface area contributed by atoms with Crippen molar-refractivity contribution < 1.29 is 13.2 Å². The molecule has 0 aromatic carbocycles. The van der Waals surface area contributed by atoms with Gasteiger partial charge in [0.2, 0.25) is 5.63 Å². The van der Waals surface area contributed by atoms with Crippen molar-refractivity contribution in [1.29, 1.82) is 0 Å². The molecule has 0 aliphatic heterocycles. The molecule has 0 nitrogen and oxygen atoms in total. The SMILES string of the molecule is FC(F)C(F)Cl. The third-order valence-electron chi connectivity index (χ3n) is 0.190. The summed E-state index contributed by atoms with van der Waals surface area (Å²) in [6.07, 6.45) is -3.05. The van der Waals surface area contributed by atoms with Crippen LogP contribution >= 0.6 is 11.6 Å². The first-order valence-electron chi connectivity index (χ1n) is 1.21. The number of halogens is 4. The number of alkyl halides is 4. The van der Waals surface area contributed by atoms with Gasteiger partial charge in [-0.2, -0.15) is 0 Å². The summed E-state index contributed by atoms with van der Waals surface area (Å²) in [5.41, 5.74) is -2.51. The molecular weight excluding hydrogens is 116 g/mol. The highest BCUT2D eigenvalue weighted by Crippen LogP contribution is 2.07. The second-order valence-corrected chi connectivity index (χ2v) is 1.09. The average Bonchev–Trinajstić information content (AvgIpc) is 1.36. The van der Waals surface area contributed by atoms with Gasteiger partial charge in [-0.3, -0.25) is 0 Å². The molecule has 38 valence electrons. The molecule has 0 saturated carbocycles. The Morgan fingerprint density at radius 2 is 1.33 bits per heavy atom. The predicted octanol–water partition coefficient (Wildman–Crippen LogP) is 1.79. The molecule has 0 rings (SSSR count). The van der Waals surface area contributed by atoms with Crippen molar-refractivity contribution >= 4 is 11.6 Å². The molecule has 1 atom stereocenters. The lowest BCUT2D eigenvalue weighted by molar-refractivity contribution is 0.0916. The van der Waals surface area contributed by atoms with Crippen LogP contribution in [0.25, 0.3) is 0 Å². The highest BCUT2D eigenvalue weighted by Gasteiger charge is 2.13. The van der Waals surface area contributed by atoms with Crippen LogP contribution in [0.4, 0.5) is 13.2 Å². The van der Waals surface area contributed by atoms with Crippen LogP contribution in [0.15, 0.2) is 0 Å². The van der Waals surface area contributed by atoms with Gasteiger partial charge in [0.15, 0.2) is 0 Å². The van der Waals surface area contributed by atoms with Gasteiger partial charge in [0, 0.05) is 0 Å². The van der Waals surface area contributed by atoms with Gasteiger partial charge in [-0.25, -0.2) is 13.2 Å². The first-order chi connectivity index (χ1) is 2.64. The number of rotatable bonds is 1. The zero-order chi connectivity index (χ0) is 5.15. The first-order valence-corrected chi connectivity index (χ1v) is 1.64. The van der Waals surface area contributed by atoms with Gasteiger partial charge in [-0.05, 0) is 0 Å². The van der Waals surface area contributed by atoms with E-state index in [1.54, 1.807) is 0 Å². The molecule has 0 saturated heterocycles. The fraction of sp³-hybridized carbons (Fsp3) is 1.00. The van der Waals surface area contributed by atoms with E-state index >= 15 is 0 Å². The van der Waals surface area contributed by atoms with Crippen LogP contribution in [-0.4, -0.2) is 12.1 Å². The summed E-state index contributed by atoms with van der Waals surface area (Å²) in [7, 11) is 0. The van der Waals surface area contributed by atoms with Crippen molar-refractivity contribution in [2.45, 2.75) is 12.1 Å². The van der Waals surface area contributed by atoms with E-state index in [1.165, 1.54) is 0 Å². The third-order valence-corrected chi connectivity index (χ3v) is 0.381. The molecule has 0 spiro atoms. The first kappa shape index (κ1) is 6.08. The van der Waals surface area contributed by atoms with E-state index in [2.05, 4.69) is 11.6 Å². The van der Waals surface area contributed by atoms with Crippen molar-refractivity contribution in [3.8, 4) is 0 Å². The van der Waals surface area contributed by atoms with Crippen LogP contribution in [0.3, 0.4) is 0 Å². The summed E-state index contributed by atoms with van der Waals surface area (Å²) in [4.78, 5) is 0. The molecule has 0 radical (unpaired) electrons. The summed E-state index contributed by atoms with van der Waals surface area (Å²) in [5, 5.41) is 0. The third kappa shape index (κ3) is 2.33. The maximum absolute atomic E-state index is 10.8. The fourth-order valence-corrected chi connectivity index (χ4v) is 0. The Balaban J connectivity index is 2.99. The Labute approximate surface area is 37.9 Å². The van der Waals surface area contributed by atoms with Crippen LogP contribution < -0.4 is 0 Å². The van der Waals surface area contributed by atoms with Crippen molar-refractivity contribution in [2.75, 3.05) is 0 Å². The Morgan fingerprint density at radius 1 is 1.17 bits per heavy atom. The largest absolute Gasteiger partial charge is 0.283 e. The van der Waals surface area contributed by atoms with Gasteiger partial charge in [0.25, 0.3) is 6.43 Å². The van der Waals surface area contributed by atoms with E-state index in [9.17, 15) is 13.2 Å².